The number of rotatable bonds is 6. The van der Waals surface area contributed by atoms with Crippen LogP contribution in [0.5, 0.6) is 0 Å². The summed E-state index contributed by atoms with van der Waals surface area (Å²) in [6, 6.07) is 11.6. The van der Waals surface area contributed by atoms with E-state index in [1.54, 1.807) is 22.8 Å². The van der Waals surface area contributed by atoms with Gasteiger partial charge in [-0.15, -0.1) is 22.7 Å². The molecule has 0 spiro atoms. The number of aromatic nitrogens is 2. The van der Waals surface area contributed by atoms with E-state index in [-0.39, 0.29) is 11.7 Å². The topological polar surface area (TPSA) is 98.0 Å². The van der Waals surface area contributed by atoms with E-state index in [0.29, 0.717) is 10.6 Å². The number of hydrogen-bond acceptors (Lipinski definition) is 7. The second-order valence-electron chi connectivity index (χ2n) is 5.74. The number of thiophene rings is 2. The van der Waals surface area contributed by atoms with Crippen molar-refractivity contribution in [3.05, 3.63) is 59.0 Å². The second-order valence-corrected chi connectivity index (χ2v) is 8.48. The van der Waals surface area contributed by atoms with Crippen LogP contribution in [0.3, 0.4) is 0 Å². The van der Waals surface area contributed by atoms with Gasteiger partial charge in [-0.25, -0.2) is 9.97 Å². The van der Waals surface area contributed by atoms with Crippen LogP contribution in [0, 0.1) is 0 Å². The van der Waals surface area contributed by atoms with Crippen molar-refractivity contribution in [2.24, 2.45) is 5.73 Å². The smallest absolute Gasteiger partial charge is 0.251 e. The van der Waals surface area contributed by atoms with Gasteiger partial charge in [0.1, 0.15) is 21.2 Å². The first-order valence-electron chi connectivity index (χ1n) is 8.21. The molecule has 9 heteroatoms. The summed E-state index contributed by atoms with van der Waals surface area (Å²) in [5.74, 6) is -0.627. The fraction of sp³-hybridized carbons (Fsp3) is 0.0526. The standard InChI is InChI=1S/C19H14N4O2S3/c20-16(25)12-6-7-26-17(12)23-14(24)9-28-19-15-13(11-4-2-1-3-5-11)8-27-18(15)21-10-22-19/h1-8,10H,9H2,(H2,20,25)(H,23,24). The highest BCUT2D eigenvalue weighted by atomic mass is 32.2. The van der Waals surface area contributed by atoms with Crippen LogP contribution in [0.4, 0.5) is 5.00 Å². The van der Waals surface area contributed by atoms with Gasteiger partial charge in [0, 0.05) is 10.9 Å². The highest BCUT2D eigenvalue weighted by Crippen LogP contribution is 2.37. The zero-order valence-corrected chi connectivity index (χ0v) is 16.9. The summed E-state index contributed by atoms with van der Waals surface area (Å²) in [5.41, 5.74) is 7.77. The van der Waals surface area contributed by atoms with Gasteiger partial charge >= 0.3 is 0 Å². The molecule has 6 nitrogen and oxygen atoms in total. The lowest BCUT2D eigenvalue weighted by Crippen LogP contribution is -2.17. The van der Waals surface area contributed by atoms with Gasteiger partial charge < -0.3 is 11.1 Å². The highest BCUT2D eigenvalue weighted by Gasteiger charge is 2.16. The fourth-order valence-electron chi connectivity index (χ4n) is 2.68. The summed E-state index contributed by atoms with van der Waals surface area (Å²) < 4.78 is 0. The number of hydrogen-bond donors (Lipinski definition) is 2. The molecule has 140 valence electrons. The fourth-order valence-corrected chi connectivity index (χ4v) is 5.29. The van der Waals surface area contributed by atoms with E-state index >= 15 is 0 Å². The molecular formula is C19H14N4O2S3. The highest BCUT2D eigenvalue weighted by molar-refractivity contribution is 8.00. The van der Waals surface area contributed by atoms with E-state index in [4.69, 9.17) is 5.73 Å². The van der Waals surface area contributed by atoms with Gasteiger partial charge in [0.2, 0.25) is 5.91 Å². The predicted molar refractivity (Wildman–Crippen MR) is 115 cm³/mol. The third-order valence-corrected chi connectivity index (χ3v) is 6.65. The van der Waals surface area contributed by atoms with Crippen LogP contribution in [0.1, 0.15) is 10.4 Å². The molecule has 0 unspecified atom stereocenters. The van der Waals surface area contributed by atoms with Crippen LogP contribution in [-0.2, 0) is 4.79 Å². The molecule has 28 heavy (non-hydrogen) atoms. The average molecular weight is 427 g/mol. The minimum Gasteiger partial charge on any atom is -0.366 e. The molecule has 0 aliphatic carbocycles. The number of fused-ring (bicyclic) bond motifs is 1. The summed E-state index contributed by atoms with van der Waals surface area (Å²) in [5, 5.41) is 8.69. The summed E-state index contributed by atoms with van der Waals surface area (Å²) in [4.78, 5) is 33.4. The molecule has 0 aliphatic heterocycles. The van der Waals surface area contributed by atoms with Gasteiger partial charge in [-0.3, -0.25) is 9.59 Å². The molecule has 3 heterocycles. The molecule has 2 amide bonds. The van der Waals surface area contributed by atoms with E-state index in [0.717, 1.165) is 26.4 Å². The lowest BCUT2D eigenvalue weighted by atomic mass is 10.1. The van der Waals surface area contributed by atoms with Gasteiger partial charge in [-0.05, 0) is 17.0 Å². The van der Waals surface area contributed by atoms with Gasteiger partial charge in [-0.1, -0.05) is 42.1 Å². The second kappa shape index (κ2) is 8.09. The Balaban J connectivity index is 1.55. The number of nitrogens with two attached hydrogens (primary N) is 1. The molecule has 3 N–H and O–H groups in total. The quantitative estimate of drug-likeness (QED) is 0.355. The first-order chi connectivity index (χ1) is 13.6. The molecule has 1 aromatic carbocycles. The summed E-state index contributed by atoms with van der Waals surface area (Å²) >= 11 is 4.16. The number of benzene rings is 1. The van der Waals surface area contributed by atoms with Gasteiger partial charge in [0.25, 0.3) is 5.91 Å². The minimum absolute atomic E-state index is 0.159. The number of anilines is 1. The van der Waals surface area contributed by atoms with Crippen molar-refractivity contribution in [2.45, 2.75) is 5.03 Å². The normalized spacial score (nSPS) is 10.9. The first kappa shape index (κ1) is 18.6. The van der Waals surface area contributed by atoms with Crippen LogP contribution in [0.15, 0.2) is 58.5 Å². The third-order valence-electron chi connectivity index (χ3n) is 3.94. The molecule has 0 saturated heterocycles. The Hall–Kier alpha value is -2.75. The van der Waals surface area contributed by atoms with Crippen molar-refractivity contribution in [1.82, 2.24) is 9.97 Å². The Morgan fingerprint density at radius 3 is 2.71 bits per heavy atom. The number of nitrogens with one attached hydrogen (secondary N) is 1. The van der Waals surface area contributed by atoms with Crippen LogP contribution < -0.4 is 11.1 Å². The zero-order chi connectivity index (χ0) is 19.5. The number of primary amides is 1. The summed E-state index contributed by atoms with van der Waals surface area (Å²) in [6.07, 6.45) is 1.51. The molecular weight excluding hydrogens is 412 g/mol. The predicted octanol–water partition coefficient (Wildman–Crippen LogP) is 4.25. The minimum atomic E-state index is -0.563. The molecule has 0 fully saturated rings. The Morgan fingerprint density at radius 2 is 1.93 bits per heavy atom. The Labute approximate surface area is 172 Å². The van der Waals surface area contributed by atoms with E-state index in [9.17, 15) is 9.59 Å². The Morgan fingerprint density at radius 1 is 1.11 bits per heavy atom. The average Bonchev–Trinajstić information content (AvgIpc) is 3.34. The zero-order valence-electron chi connectivity index (χ0n) is 14.4. The van der Waals surface area contributed by atoms with Crippen molar-refractivity contribution >= 4 is 61.5 Å². The monoisotopic (exact) mass is 426 g/mol. The van der Waals surface area contributed by atoms with Gasteiger partial charge in [-0.2, -0.15) is 0 Å². The van der Waals surface area contributed by atoms with Crippen LogP contribution in [0.25, 0.3) is 21.3 Å². The number of carbonyl (C=O) groups excluding carboxylic acids is 2. The molecule has 0 atom stereocenters. The molecule has 0 bridgehead atoms. The van der Waals surface area contributed by atoms with E-state index < -0.39 is 5.91 Å². The number of amides is 2. The van der Waals surface area contributed by atoms with Gasteiger partial charge in [0.05, 0.1) is 16.7 Å². The maximum atomic E-state index is 12.4. The van der Waals surface area contributed by atoms with Crippen molar-refractivity contribution in [3.63, 3.8) is 0 Å². The molecule has 0 radical (unpaired) electrons. The van der Waals surface area contributed by atoms with Crippen molar-refractivity contribution in [1.29, 1.82) is 0 Å². The third kappa shape index (κ3) is 3.77. The molecule has 0 aliphatic rings. The van der Waals surface area contributed by atoms with Crippen molar-refractivity contribution < 1.29 is 9.59 Å². The Kier molecular flexibility index (Phi) is 5.38. The number of thioether (sulfide) groups is 1. The maximum absolute atomic E-state index is 12.4. The number of carbonyl (C=O) groups is 2. The molecule has 3 aromatic heterocycles. The SMILES string of the molecule is NC(=O)c1ccsc1NC(=O)CSc1ncnc2scc(-c3ccccc3)c12. The maximum Gasteiger partial charge on any atom is 0.251 e. The Bertz CT molecular complexity index is 1150. The molecule has 0 saturated carbocycles. The largest absolute Gasteiger partial charge is 0.366 e. The lowest BCUT2D eigenvalue weighted by molar-refractivity contribution is -0.113. The molecule has 4 aromatic rings. The van der Waals surface area contributed by atoms with Crippen molar-refractivity contribution in [2.75, 3.05) is 11.1 Å². The van der Waals surface area contributed by atoms with Crippen LogP contribution >= 0.6 is 34.4 Å². The number of nitrogens with zero attached hydrogens (tertiary/aromatic N) is 2. The lowest BCUT2D eigenvalue weighted by Gasteiger charge is -2.06. The van der Waals surface area contributed by atoms with E-state index in [1.807, 2.05) is 30.3 Å². The van der Waals surface area contributed by atoms with E-state index in [1.165, 1.54) is 29.4 Å². The van der Waals surface area contributed by atoms with Crippen molar-refractivity contribution in [3.8, 4) is 11.1 Å². The van der Waals surface area contributed by atoms with E-state index in [2.05, 4.69) is 20.7 Å². The summed E-state index contributed by atoms with van der Waals surface area (Å²) in [7, 11) is 0. The summed E-state index contributed by atoms with van der Waals surface area (Å²) in [6.45, 7) is 0. The van der Waals surface area contributed by atoms with Gasteiger partial charge in [0.15, 0.2) is 0 Å². The van der Waals surface area contributed by atoms with Crippen LogP contribution in [-0.4, -0.2) is 27.5 Å². The first-order valence-corrected chi connectivity index (χ1v) is 11.0. The molecule has 4 rings (SSSR count). The van der Waals surface area contributed by atoms with Crippen LogP contribution in [0.2, 0.25) is 0 Å².